The Morgan fingerprint density at radius 1 is 1.21 bits per heavy atom. The van der Waals surface area contributed by atoms with Crippen molar-refractivity contribution in [1.29, 1.82) is 0 Å². The molecule has 1 aliphatic rings. The van der Waals surface area contributed by atoms with E-state index in [2.05, 4.69) is 29.0 Å². The number of aliphatic hydroxyl groups excluding tert-OH is 1. The predicted octanol–water partition coefficient (Wildman–Crippen LogP) is -0.638. The molecular weight excluding hydrogens is 362 g/mol. The molecule has 4 N–H and O–H groups in total. The van der Waals surface area contributed by atoms with Crippen molar-refractivity contribution >= 4 is 17.7 Å². The van der Waals surface area contributed by atoms with Crippen molar-refractivity contribution in [3.05, 3.63) is 35.4 Å². The summed E-state index contributed by atoms with van der Waals surface area (Å²) in [4.78, 5) is 37.1. The number of rotatable bonds is 5. The molecule has 0 radical (unpaired) electrons. The number of amides is 3. The molecule has 28 heavy (non-hydrogen) atoms. The third kappa shape index (κ3) is 5.10. The molecule has 2 rings (SSSR count). The Morgan fingerprint density at radius 2 is 1.89 bits per heavy atom. The van der Waals surface area contributed by atoms with Gasteiger partial charge in [0.25, 0.3) is 17.7 Å². The van der Waals surface area contributed by atoms with E-state index in [1.807, 2.05) is 0 Å². The van der Waals surface area contributed by atoms with Crippen LogP contribution in [0.1, 0.15) is 22.3 Å². The second-order valence-electron chi connectivity index (χ2n) is 6.29. The quantitative estimate of drug-likeness (QED) is 0.233. The number of hydroxylamine groups is 1. The summed E-state index contributed by atoms with van der Waals surface area (Å²) in [5.41, 5.74) is 2.29. The standard InChI is InChI=1S/C20H21N3O5/c1-21-18(25)17(19(26)22-28)23(2)20(27)14-9-7-13(8-10-14)5-3-4-6-15-11-16(15)12-24/h7-10,15-17,24,28H,11-12H2,1-2H3,(H,21,25)(H,22,26). The Labute approximate surface area is 162 Å². The van der Waals surface area contributed by atoms with Crippen LogP contribution >= 0.6 is 0 Å². The molecule has 0 spiro atoms. The fourth-order valence-corrected chi connectivity index (χ4v) is 2.54. The Balaban J connectivity index is 2.06. The van der Waals surface area contributed by atoms with Gasteiger partial charge in [-0.2, -0.15) is 0 Å². The van der Waals surface area contributed by atoms with Crippen LogP contribution in [0.25, 0.3) is 0 Å². The molecule has 8 heteroatoms. The molecular formula is C20H21N3O5. The minimum Gasteiger partial charge on any atom is -0.396 e. The van der Waals surface area contributed by atoms with Gasteiger partial charge in [-0.05, 0) is 48.4 Å². The van der Waals surface area contributed by atoms with E-state index in [9.17, 15) is 14.4 Å². The Kier molecular flexibility index (Phi) is 7.16. The summed E-state index contributed by atoms with van der Waals surface area (Å²) in [5, 5.41) is 20.0. The molecule has 3 unspecified atom stereocenters. The highest BCUT2D eigenvalue weighted by molar-refractivity contribution is 6.08. The van der Waals surface area contributed by atoms with E-state index < -0.39 is 23.8 Å². The molecule has 1 aromatic carbocycles. The lowest BCUT2D eigenvalue weighted by molar-refractivity contribution is -0.140. The number of benzene rings is 1. The van der Waals surface area contributed by atoms with Gasteiger partial charge in [0.2, 0.25) is 0 Å². The fourth-order valence-electron chi connectivity index (χ4n) is 2.54. The number of carbonyl (C=O) groups excluding carboxylic acids is 3. The number of hydrogen-bond acceptors (Lipinski definition) is 5. The van der Waals surface area contributed by atoms with Crippen LogP contribution in [0, 0.1) is 35.5 Å². The maximum Gasteiger partial charge on any atom is 0.275 e. The average molecular weight is 383 g/mol. The maximum atomic E-state index is 12.5. The van der Waals surface area contributed by atoms with Crippen LogP contribution in [0.5, 0.6) is 0 Å². The van der Waals surface area contributed by atoms with Crippen LogP contribution in [0.3, 0.4) is 0 Å². The molecule has 0 heterocycles. The van der Waals surface area contributed by atoms with Gasteiger partial charge >= 0.3 is 0 Å². The number of nitrogens with one attached hydrogen (secondary N) is 2. The van der Waals surface area contributed by atoms with Gasteiger partial charge in [-0.1, -0.05) is 11.8 Å². The number of nitrogens with zero attached hydrogens (tertiary/aromatic N) is 1. The second kappa shape index (κ2) is 9.56. The molecule has 1 saturated carbocycles. The van der Waals surface area contributed by atoms with E-state index in [0.717, 1.165) is 11.3 Å². The van der Waals surface area contributed by atoms with E-state index in [-0.39, 0.29) is 24.0 Å². The van der Waals surface area contributed by atoms with Crippen LogP contribution in [-0.2, 0) is 9.59 Å². The highest BCUT2D eigenvalue weighted by Crippen LogP contribution is 2.36. The van der Waals surface area contributed by atoms with Crippen molar-refractivity contribution in [2.75, 3.05) is 20.7 Å². The highest BCUT2D eigenvalue weighted by atomic mass is 16.5. The van der Waals surface area contributed by atoms with Crippen molar-refractivity contribution < 1.29 is 24.7 Å². The number of hydrogen-bond donors (Lipinski definition) is 4. The lowest BCUT2D eigenvalue weighted by Crippen LogP contribution is -2.54. The summed E-state index contributed by atoms with van der Waals surface area (Å²) in [7, 11) is 2.61. The normalized spacial score (nSPS) is 17.7. The Bertz CT molecular complexity index is 857. The zero-order chi connectivity index (χ0) is 20.7. The van der Waals surface area contributed by atoms with Gasteiger partial charge in [-0.15, -0.1) is 0 Å². The molecule has 3 amide bonds. The molecule has 0 aromatic heterocycles. The molecule has 146 valence electrons. The first kappa shape index (κ1) is 21.0. The monoisotopic (exact) mass is 383 g/mol. The van der Waals surface area contributed by atoms with E-state index in [1.165, 1.54) is 31.7 Å². The van der Waals surface area contributed by atoms with Gasteiger partial charge < -0.3 is 15.3 Å². The van der Waals surface area contributed by atoms with E-state index in [4.69, 9.17) is 10.3 Å². The van der Waals surface area contributed by atoms with Gasteiger partial charge in [-0.25, -0.2) is 5.48 Å². The number of aliphatic hydroxyl groups is 1. The number of carbonyl (C=O) groups is 3. The summed E-state index contributed by atoms with van der Waals surface area (Å²) in [6.07, 6.45) is 0.904. The predicted molar refractivity (Wildman–Crippen MR) is 99.7 cm³/mol. The van der Waals surface area contributed by atoms with Gasteiger partial charge in [0.15, 0.2) is 6.04 Å². The SMILES string of the molecule is CNC(=O)C(C(=O)NO)N(C)C(=O)c1ccc(C#CC#CC2CC2CO)cc1. The largest absolute Gasteiger partial charge is 0.396 e. The molecule has 1 aliphatic carbocycles. The number of likely N-dealkylation sites (N-methyl/N-ethyl adjacent to an activating group) is 2. The summed E-state index contributed by atoms with van der Waals surface area (Å²) < 4.78 is 0. The zero-order valence-electron chi connectivity index (χ0n) is 15.5. The minimum atomic E-state index is -1.51. The first-order valence-corrected chi connectivity index (χ1v) is 8.58. The first-order valence-electron chi connectivity index (χ1n) is 8.58. The van der Waals surface area contributed by atoms with Crippen molar-refractivity contribution in [2.45, 2.75) is 12.5 Å². The minimum absolute atomic E-state index is 0.150. The summed E-state index contributed by atoms with van der Waals surface area (Å²) in [5.74, 6) is 9.49. The maximum absolute atomic E-state index is 12.5. The van der Waals surface area contributed by atoms with Crippen LogP contribution in [0.4, 0.5) is 0 Å². The summed E-state index contributed by atoms with van der Waals surface area (Å²) >= 11 is 0. The van der Waals surface area contributed by atoms with E-state index in [0.29, 0.717) is 5.56 Å². The van der Waals surface area contributed by atoms with Gasteiger partial charge in [0.05, 0.1) is 0 Å². The van der Waals surface area contributed by atoms with Crippen molar-refractivity contribution in [2.24, 2.45) is 11.8 Å². The average Bonchev–Trinajstić information content (AvgIpc) is 3.49. The third-order valence-corrected chi connectivity index (χ3v) is 4.38. The Hall–Kier alpha value is -3.33. The van der Waals surface area contributed by atoms with Gasteiger partial charge in [-0.3, -0.25) is 19.6 Å². The second-order valence-corrected chi connectivity index (χ2v) is 6.29. The van der Waals surface area contributed by atoms with Crippen LogP contribution in [-0.4, -0.2) is 59.7 Å². The highest BCUT2D eigenvalue weighted by Gasteiger charge is 2.34. The zero-order valence-corrected chi connectivity index (χ0v) is 15.5. The van der Waals surface area contributed by atoms with Crippen LogP contribution in [0.2, 0.25) is 0 Å². The van der Waals surface area contributed by atoms with E-state index >= 15 is 0 Å². The molecule has 3 atom stereocenters. The van der Waals surface area contributed by atoms with Gasteiger partial charge in [0.1, 0.15) is 0 Å². The first-order chi connectivity index (χ1) is 13.4. The molecule has 1 aromatic rings. The smallest absolute Gasteiger partial charge is 0.275 e. The Morgan fingerprint density at radius 3 is 2.43 bits per heavy atom. The topological polar surface area (TPSA) is 119 Å². The van der Waals surface area contributed by atoms with Crippen molar-refractivity contribution in [3.8, 4) is 23.7 Å². The summed E-state index contributed by atoms with van der Waals surface area (Å²) in [6, 6.07) is 4.80. The van der Waals surface area contributed by atoms with Crippen molar-refractivity contribution in [1.82, 2.24) is 15.7 Å². The van der Waals surface area contributed by atoms with Gasteiger partial charge in [0, 0.05) is 37.7 Å². The van der Waals surface area contributed by atoms with Crippen LogP contribution in [0.15, 0.2) is 24.3 Å². The molecule has 1 fully saturated rings. The molecule has 0 saturated heterocycles. The fraction of sp³-hybridized carbons (Fsp3) is 0.350. The van der Waals surface area contributed by atoms with E-state index in [1.54, 1.807) is 12.1 Å². The summed E-state index contributed by atoms with van der Waals surface area (Å²) in [6.45, 7) is 0.150. The lowest BCUT2D eigenvalue weighted by atomic mass is 10.1. The van der Waals surface area contributed by atoms with Crippen molar-refractivity contribution in [3.63, 3.8) is 0 Å². The molecule has 0 aliphatic heterocycles. The molecule has 8 nitrogen and oxygen atoms in total. The third-order valence-electron chi connectivity index (χ3n) is 4.38. The molecule has 0 bridgehead atoms. The van der Waals surface area contributed by atoms with Crippen LogP contribution < -0.4 is 10.8 Å². The lowest BCUT2D eigenvalue weighted by Gasteiger charge is -2.25.